The van der Waals surface area contributed by atoms with E-state index < -0.39 is 0 Å². The first kappa shape index (κ1) is 20.3. The lowest BCUT2D eigenvalue weighted by Crippen LogP contribution is -2.22. The monoisotopic (exact) mass is 442 g/mol. The van der Waals surface area contributed by atoms with Gasteiger partial charge in [-0.2, -0.15) is 0 Å². The lowest BCUT2D eigenvalue weighted by Gasteiger charge is -2.08. The lowest BCUT2D eigenvalue weighted by atomic mass is 10.1. The van der Waals surface area contributed by atoms with Crippen LogP contribution in [0.5, 0.6) is 11.5 Å². The summed E-state index contributed by atoms with van der Waals surface area (Å²) in [7, 11) is 3.20. The molecular formula is C22H19ClN2O4S. The first-order valence-electron chi connectivity index (χ1n) is 9.18. The van der Waals surface area contributed by atoms with Crippen molar-refractivity contribution in [3.63, 3.8) is 0 Å². The maximum Gasteiger partial charge on any atom is 0.251 e. The summed E-state index contributed by atoms with van der Waals surface area (Å²) in [5, 5.41) is 2.89. The van der Waals surface area contributed by atoms with E-state index in [1.165, 1.54) is 11.3 Å². The van der Waals surface area contributed by atoms with Crippen LogP contribution in [0.1, 0.15) is 26.7 Å². The highest BCUT2D eigenvalue weighted by atomic mass is 35.5. The summed E-state index contributed by atoms with van der Waals surface area (Å²) < 4.78 is 17.2. The van der Waals surface area contributed by atoms with Crippen LogP contribution in [0.15, 0.2) is 52.9 Å². The molecule has 0 spiro atoms. The van der Waals surface area contributed by atoms with Gasteiger partial charge in [0.05, 0.1) is 25.1 Å². The Labute approximate surface area is 182 Å². The van der Waals surface area contributed by atoms with Gasteiger partial charge in [0, 0.05) is 16.9 Å². The van der Waals surface area contributed by atoms with E-state index in [-0.39, 0.29) is 5.91 Å². The van der Waals surface area contributed by atoms with Gasteiger partial charge in [-0.1, -0.05) is 17.7 Å². The number of carbonyl (C=O) groups is 1. The minimum Gasteiger partial charge on any atom is -0.493 e. The molecule has 0 unspecified atom stereocenters. The number of ether oxygens (including phenoxy) is 2. The smallest absolute Gasteiger partial charge is 0.251 e. The molecule has 0 aliphatic rings. The van der Waals surface area contributed by atoms with Gasteiger partial charge in [-0.15, -0.1) is 11.3 Å². The predicted molar refractivity (Wildman–Crippen MR) is 117 cm³/mol. The number of hydrogen-bond acceptors (Lipinski definition) is 6. The highest BCUT2D eigenvalue weighted by Crippen LogP contribution is 2.29. The Hall–Kier alpha value is -3.03. The van der Waals surface area contributed by atoms with E-state index in [9.17, 15) is 4.79 Å². The van der Waals surface area contributed by atoms with Gasteiger partial charge in [0.15, 0.2) is 23.0 Å². The zero-order valence-corrected chi connectivity index (χ0v) is 18.0. The van der Waals surface area contributed by atoms with E-state index in [0.717, 1.165) is 10.4 Å². The van der Waals surface area contributed by atoms with Gasteiger partial charge in [-0.05, 0) is 48.0 Å². The fourth-order valence-corrected chi connectivity index (χ4v) is 4.10. The molecule has 154 valence electrons. The molecule has 0 fully saturated rings. The number of carbonyl (C=O) groups excluding carboxylic acids is 1. The summed E-state index contributed by atoms with van der Waals surface area (Å²) in [6.45, 7) is 0.426. The van der Waals surface area contributed by atoms with E-state index in [4.69, 9.17) is 25.5 Å². The van der Waals surface area contributed by atoms with Gasteiger partial charge in [0.2, 0.25) is 0 Å². The first-order chi connectivity index (χ1) is 14.6. The number of nitrogens with zero attached hydrogens (tertiary/aromatic N) is 1. The Morgan fingerprint density at radius 3 is 2.67 bits per heavy atom. The van der Waals surface area contributed by atoms with Crippen LogP contribution >= 0.6 is 22.9 Å². The molecule has 0 bridgehead atoms. The Morgan fingerprint density at radius 1 is 1.10 bits per heavy atom. The molecule has 4 aromatic rings. The first-order valence-corrected chi connectivity index (χ1v) is 10.4. The standard InChI is InChI=1S/C22H19ClN2O4S/c1-27-17-7-3-13(9-19(17)28-2)10-21-25-16-6-4-14(11-18(16)29-21)22(26)24-12-15-5-8-20(23)30-15/h3-9,11H,10,12H2,1-2H3,(H,24,26). The largest absolute Gasteiger partial charge is 0.493 e. The topological polar surface area (TPSA) is 73.6 Å². The van der Waals surface area contributed by atoms with Crippen LogP contribution in [0.2, 0.25) is 4.34 Å². The van der Waals surface area contributed by atoms with E-state index >= 15 is 0 Å². The van der Waals surface area contributed by atoms with Gasteiger partial charge in [0.25, 0.3) is 5.91 Å². The van der Waals surface area contributed by atoms with Crippen LogP contribution in [0.3, 0.4) is 0 Å². The van der Waals surface area contributed by atoms with E-state index in [0.29, 0.717) is 51.4 Å². The molecule has 4 rings (SSSR count). The zero-order chi connectivity index (χ0) is 21.1. The number of thiophene rings is 1. The maximum atomic E-state index is 12.5. The Balaban J connectivity index is 1.48. The predicted octanol–water partition coefficient (Wildman–Crippen LogP) is 5.08. The highest BCUT2D eigenvalue weighted by molar-refractivity contribution is 7.16. The maximum absolute atomic E-state index is 12.5. The fraction of sp³-hybridized carbons (Fsp3) is 0.182. The summed E-state index contributed by atoms with van der Waals surface area (Å²) in [4.78, 5) is 18.0. The quantitative estimate of drug-likeness (QED) is 0.432. The van der Waals surface area contributed by atoms with Crippen molar-refractivity contribution < 1.29 is 18.7 Å². The van der Waals surface area contributed by atoms with Gasteiger partial charge in [-0.3, -0.25) is 4.79 Å². The number of amides is 1. The van der Waals surface area contributed by atoms with Crippen LogP contribution in [0.4, 0.5) is 0 Å². The molecule has 6 nitrogen and oxygen atoms in total. The number of aromatic nitrogens is 1. The van der Waals surface area contributed by atoms with Gasteiger partial charge in [0.1, 0.15) is 5.52 Å². The molecule has 0 saturated carbocycles. The second-order valence-corrected chi connectivity index (χ2v) is 8.34. The second-order valence-electron chi connectivity index (χ2n) is 6.54. The third-order valence-corrected chi connectivity index (χ3v) is 5.78. The van der Waals surface area contributed by atoms with E-state index in [2.05, 4.69) is 10.3 Å². The molecule has 0 atom stereocenters. The zero-order valence-electron chi connectivity index (χ0n) is 16.4. The van der Waals surface area contributed by atoms with E-state index in [1.807, 2.05) is 30.3 Å². The van der Waals surface area contributed by atoms with Crippen molar-refractivity contribution in [1.29, 1.82) is 0 Å². The second kappa shape index (κ2) is 8.77. The van der Waals surface area contributed by atoms with Crippen molar-refractivity contribution in [1.82, 2.24) is 10.3 Å². The summed E-state index contributed by atoms with van der Waals surface area (Å²) >= 11 is 7.37. The number of nitrogens with one attached hydrogen (secondary N) is 1. The molecule has 1 amide bonds. The van der Waals surface area contributed by atoms with Crippen LogP contribution in [-0.2, 0) is 13.0 Å². The fourth-order valence-electron chi connectivity index (χ4n) is 3.07. The van der Waals surface area contributed by atoms with Gasteiger partial charge >= 0.3 is 0 Å². The summed E-state index contributed by atoms with van der Waals surface area (Å²) in [5.41, 5.74) is 2.76. The number of oxazole rings is 1. The third-order valence-electron chi connectivity index (χ3n) is 4.55. The normalized spacial score (nSPS) is 10.9. The molecule has 0 saturated heterocycles. The molecule has 2 heterocycles. The highest BCUT2D eigenvalue weighted by Gasteiger charge is 2.13. The molecule has 0 radical (unpaired) electrons. The summed E-state index contributed by atoms with van der Waals surface area (Å²) in [6.07, 6.45) is 0.496. The minimum absolute atomic E-state index is 0.181. The van der Waals surface area contributed by atoms with Crippen molar-refractivity contribution >= 4 is 39.9 Å². The number of halogens is 1. The van der Waals surface area contributed by atoms with E-state index in [1.54, 1.807) is 32.4 Å². The molecule has 30 heavy (non-hydrogen) atoms. The van der Waals surface area contributed by atoms with Gasteiger partial charge < -0.3 is 19.2 Å². The third kappa shape index (κ3) is 4.42. The summed E-state index contributed by atoms with van der Waals surface area (Å²) in [5.74, 6) is 1.69. The summed E-state index contributed by atoms with van der Waals surface area (Å²) in [6, 6.07) is 14.6. The SMILES string of the molecule is COc1ccc(Cc2nc3ccc(C(=O)NCc4ccc(Cl)s4)cc3o2)cc1OC. The molecule has 0 aliphatic heterocycles. The molecule has 2 aromatic carbocycles. The van der Waals surface area contributed by atoms with Crippen LogP contribution < -0.4 is 14.8 Å². The van der Waals surface area contributed by atoms with Crippen molar-refractivity contribution in [2.45, 2.75) is 13.0 Å². The number of hydrogen-bond donors (Lipinski definition) is 1. The van der Waals surface area contributed by atoms with Crippen molar-refractivity contribution in [2.75, 3.05) is 14.2 Å². The van der Waals surface area contributed by atoms with Gasteiger partial charge in [-0.25, -0.2) is 4.98 Å². The number of fused-ring (bicyclic) bond motifs is 1. The lowest BCUT2D eigenvalue weighted by molar-refractivity contribution is 0.0951. The average Bonchev–Trinajstić information content (AvgIpc) is 3.36. The van der Waals surface area contributed by atoms with Crippen molar-refractivity contribution in [3.05, 3.63) is 74.8 Å². The molecule has 8 heteroatoms. The minimum atomic E-state index is -0.181. The number of benzene rings is 2. The molecule has 2 aromatic heterocycles. The van der Waals surface area contributed by atoms with Crippen LogP contribution in [0.25, 0.3) is 11.1 Å². The van der Waals surface area contributed by atoms with Crippen LogP contribution in [-0.4, -0.2) is 25.1 Å². The number of rotatable bonds is 7. The Morgan fingerprint density at radius 2 is 1.93 bits per heavy atom. The Bertz CT molecular complexity index is 1200. The van der Waals surface area contributed by atoms with Crippen molar-refractivity contribution in [3.8, 4) is 11.5 Å². The Kier molecular flexibility index (Phi) is 5.92. The van der Waals surface area contributed by atoms with Crippen LogP contribution in [0, 0.1) is 0 Å². The average molecular weight is 443 g/mol. The molecule has 0 aliphatic carbocycles. The molecular weight excluding hydrogens is 424 g/mol. The molecule has 1 N–H and O–H groups in total. The number of methoxy groups -OCH3 is 2. The van der Waals surface area contributed by atoms with Crippen molar-refractivity contribution in [2.24, 2.45) is 0 Å².